The van der Waals surface area contributed by atoms with E-state index in [4.69, 9.17) is 4.55 Å². The lowest BCUT2D eigenvalue weighted by atomic mass is 9.93. The summed E-state index contributed by atoms with van der Waals surface area (Å²) in [7, 11) is -1.51. The van der Waals surface area contributed by atoms with Crippen LogP contribution < -0.4 is 4.90 Å². The Bertz CT molecular complexity index is 679. The quantitative estimate of drug-likeness (QED) is 0.746. The van der Waals surface area contributed by atoms with Crippen LogP contribution in [0.5, 0.6) is 0 Å². The molecule has 1 heterocycles. The average molecular weight is 291 g/mol. The molecule has 106 valence electrons. The summed E-state index contributed by atoms with van der Waals surface area (Å²) in [5.41, 5.74) is 4.00. The lowest BCUT2D eigenvalue weighted by Crippen LogP contribution is -2.34. The zero-order valence-corrected chi connectivity index (χ0v) is 12.2. The minimum absolute atomic E-state index is 0.407. The Balaban J connectivity index is 0.000000257. The maximum Gasteiger partial charge on any atom is 0.261 e. The largest absolute Gasteiger partial charge is 0.364 e. The van der Waals surface area contributed by atoms with E-state index in [0.717, 1.165) is 0 Å². The van der Waals surface area contributed by atoms with Crippen molar-refractivity contribution >= 4 is 21.9 Å². The van der Waals surface area contributed by atoms with Gasteiger partial charge in [0, 0.05) is 12.7 Å². The van der Waals surface area contributed by atoms with Gasteiger partial charge in [0.15, 0.2) is 0 Å². The fourth-order valence-electron chi connectivity index (χ4n) is 2.29. The van der Waals surface area contributed by atoms with Gasteiger partial charge in [0.2, 0.25) is 0 Å². The van der Waals surface area contributed by atoms with Gasteiger partial charge >= 0.3 is 0 Å². The van der Waals surface area contributed by atoms with Crippen molar-refractivity contribution in [3.8, 4) is 0 Å². The molecule has 1 aromatic carbocycles. The summed E-state index contributed by atoms with van der Waals surface area (Å²) in [6.45, 7) is 0. The minimum atomic E-state index is -3.67. The Morgan fingerprint density at radius 2 is 1.85 bits per heavy atom. The fraction of sp³-hybridized carbons (Fsp3) is 0.200. The van der Waals surface area contributed by atoms with E-state index in [2.05, 4.69) is 66.6 Å². The van der Waals surface area contributed by atoms with Crippen LogP contribution >= 0.6 is 0 Å². The highest BCUT2D eigenvalue weighted by Crippen LogP contribution is 2.33. The molecule has 0 bridgehead atoms. The van der Waals surface area contributed by atoms with Crippen molar-refractivity contribution in [3.63, 3.8) is 0 Å². The summed E-state index contributed by atoms with van der Waals surface area (Å²) in [6.07, 6.45) is 11.6. The number of fused-ring (bicyclic) bond motifs is 2. The summed E-state index contributed by atoms with van der Waals surface area (Å²) in [5, 5.41) is 0. The molecule has 1 aliphatic heterocycles. The third-order valence-corrected chi connectivity index (χ3v) is 3.09. The van der Waals surface area contributed by atoms with Crippen LogP contribution in [0.2, 0.25) is 0 Å². The Morgan fingerprint density at radius 3 is 2.55 bits per heavy atom. The van der Waals surface area contributed by atoms with Crippen LogP contribution in [0.15, 0.2) is 54.1 Å². The molecule has 0 aromatic heterocycles. The van der Waals surface area contributed by atoms with Crippen LogP contribution in [0.3, 0.4) is 0 Å². The van der Waals surface area contributed by atoms with Gasteiger partial charge in [-0.1, -0.05) is 42.5 Å². The number of likely N-dealkylation sites (N-methyl/N-ethyl adjacent to an activating group) is 1. The molecular formula is C15H17NO3S. The third kappa shape index (κ3) is 3.59. The number of rotatable bonds is 0. The topological polar surface area (TPSA) is 57.6 Å². The summed E-state index contributed by atoms with van der Waals surface area (Å²) < 4.78 is 25.9. The molecule has 1 N–H and O–H groups in total. The van der Waals surface area contributed by atoms with Gasteiger partial charge in [-0.2, -0.15) is 8.42 Å². The number of hydrogen-bond donors (Lipinski definition) is 1. The highest BCUT2D eigenvalue weighted by molar-refractivity contribution is 7.85. The van der Waals surface area contributed by atoms with Crippen LogP contribution in [0.4, 0.5) is 5.69 Å². The average Bonchev–Trinajstić information content (AvgIpc) is 2.37. The molecular weight excluding hydrogens is 274 g/mol. The molecule has 0 saturated heterocycles. The van der Waals surface area contributed by atoms with Gasteiger partial charge < -0.3 is 4.90 Å². The smallest absolute Gasteiger partial charge is 0.261 e. The molecule has 0 amide bonds. The number of allylic oxidation sites excluding steroid dienone is 2. The molecule has 20 heavy (non-hydrogen) atoms. The molecule has 5 heteroatoms. The fourth-order valence-corrected chi connectivity index (χ4v) is 2.29. The second-order valence-electron chi connectivity index (χ2n) is 4.74. The lowest BCUT2D eigenvalue weighted by molar-refractivity contribution is 0.490. The molecule has 1 atom stereocenters. The SMILES string of the molecule is CN1c2ccccc2C=C2C=CC=CC21.CS(=O)(=O)O. The zero-order valence-electron chi connectivity index (χ0n) is 11.4. The van der Waals surface area contributed by atoms with E-state index in [9.17, 15) is 8.42 Å². The maximum absolute atomic E-state index is 9.19. The van der Waals surface area contributed by atoms with E-state index in [-0.39, 0.29) is 0 Å². The van der Waals surface area contributed by atoms with Crippen LogP contribution in [-0.4, -0.2) is 32.3 Å². The van der Waals surface area contributed by atoms with E-state index in [1.165, 1.54) is 16.8 Å². The second-order valence-corrected chi connectivity index (χ2v) is 6.20. The van der Waals surface area contributed by atoms with Crippen LogP contribution in [-0.2, 0) is 10.1 Å². The van der Waals surface area contributed by atoms with Gasteiger partial charge in [-0.25, -0.2) is 0 Å². The first kappa shape index (κ1) is 14.6. The van der Waals surface area contributed by atoms with E-state index in [1.807, 2.05) is 0 Å². The highest BCUT2D eigenvalue weighted by Gasteiger charge is 2.22. The number of para-hydroxylation sites is 1. The molecule has 4 nitrogen and oxygen atoms in total. The van der Waals surface area contributed by atoms with Crippen LogP contribution in [0.1, 0.15) is 5.56 Å². The van der Waals surface area contributed by atoms with E-state index in [0.29, 0.717) is 12.3 Å². The van der Waals surface area contributed by atoms with Gasteiger partial charge in [-0.3, -0.25) is 4.55 Å². The van der Waals surface area contributed by atoms with Crippen LogP contribution in [0, 0.1) is 0 Å². The van der Waals surface area contributed by atoms with Gasteiger partial charge in [-0.15, -0.1) is 0 Å². The normalized spacial score (nSPS) is 19.4. The number of benzene rings is 1. The highest BCUT2D eigenvalue weighted by atomic mass is 32.2. The maximum atomic E-state index is 9.19. The van der Waals surface area contributed by atoms with Crippen molar-refractivity contribution < 1.29 is 13.0 Å². The zero-order chi connectivity index (χ0) is 14.8. The molecule has 0 spiro atoms. The summed E-state index contributed by atoms with van der Waals surface area (Å²) in [4.78, 5) is 2.32. The van der Waals surface area contributed by atoms with Gasteiger partial charge in [0.1, 0.15) is 0 Å². The second kappa shape index (κ2) is 5.64. The predicted octanol–water partition coefficient (Wildman–Crippen LogP) is 2.52. The molecule has 0 saturated carbocycles. The molecule has 1 unspecified atom stereocenters. The molecule has 0 fully saturated rings. The van der Waals surface area contributed by atoms with E-state index >= 15 is 0 Å². The van der Waals surface area contributed by atoms with Gasteiger partial charge in [-0.05, 0) is 23.3 Å². The molecule has 3 rings (SSSR count). The number of nitrogens with zero attached hydrogens (tertiary/aromatic N) is 1. The molecule has 2 aliphatic rings. The van der Waals surface area contributed by atoms with Gasteiger partial charge in [0.25, 0.3) is 10.1 Å². The Hall–Kier alpha value is -1.85. The van der Waals surface area contributed by atoms with Gasteiger partial charge in [0.05, 0.1) is 12.3 Å². The van der Waals surface area contributed by atoms with Crippen molar-refractivity contribution in [1.29, 1.82) is 0 Å². The van der Waals surface area contributed by atoms with Crippen molar-refractivity contribution in [2.24, 2.45) is 0 Å². The number of anilines is 1. The lowest BCUT2D eigenvalue weighted by Gasteiger charge is -2.34. The third-order valence-electron chi connectivity index (χ3n) is 3.09. The van der Waals surface area contributed by atoms with E-state index < -0.39 is 10.1 Å². The molecule has 0 radical (unpaired) electrons. The molecule has 1 aromatic rings. The predicted molar refractivity (Wildman–Crippen MR) is 82.4 cm³/mol. The first-order valence-corrected chi connectivity index (χ1v) is 8.02. The summed E-state index contributed by atoms with van der Waals surface area (Å²) in [5.74, 6) is 0. The molecule has 1 aliphatic carbocycles. The van der Waals surface area contributed by atoms with Crippen molar-refractivity contribution in [1.82, 2.24) is 0 Å². The standard InChI is InChI=1S/C14H13N.CH4O3S/c1-15-13-8-4-2-6-11(13)10-12-7-3-5-9-14(12)15;1-5(2,3)4/h2-10,13H,1H3;1H3,(H,2,3,4). The van der Waals surface area contributed by atoms with Crippen molar-refractivity contribution in [2.75, 3.05) is 18.2 Å². The minimum Gasteiger partial charge on any atom is -0.364 e. The van der Waals surface area contributed by atoms with E-state index in [1.54, 1.807) is 0 Å². The Kier molecular flexibility index (Phi) is 4.11. The van der Waals surface area contributed by atoms with Crippen LogP contribution in [0.25, 0.3) is 6.08 Å². The number of hydrogen-bond acceptors (Lipinski definition) is 3. The van der Waals surface area contributed by atoms with Crippen molar-refractivity contribution in [2.45, 2.75) is 6.04 Å². The first-order valence-electron chi connectivity index (χ1n) is 6.17. The Morgan fingerprint density at radius 1 is 1.20 bits per heavy atom. The summed E-state index contributed by atoms with van der Waals surface area (Å²) >= 11 is 0. The van der Waals surface area contributed by atoms with Crippen molar-refractivity contribution in [3.05, 3.63) is 59.7 Å². The summed E-state index contributed by atoms with van der Waals surface area (Å²) in [6, 6.07) is 8.93. The Labute approximate surface area is 119 Å². The monoisotopic (exact) mass is 291 g/mol. The first-order chi connectivity index (χ1) is 9.36.